The van der Waals surface area contributed by atoms with Crippen molar-refractivity contribution >= 4 is 17.3 Å². The lowest BCUT2D eigenvalue weighted by atomic mass is 10.1. The van der Waals surface area contributed by atoms with Gasteiger partial charge in [0.15, 0.2) is 0 Å². The zero-order valence-electron chi connectivity index (χ0n) is 17.0. The summed E-state index contributed by atoms with van der Waals surface area (Å²) in [6.07, 6.45) is 1.78. The fraction of sp³-hybridized carbons (Fsp3) is 0.400. The van der Waals surface area contributed by atoms with Crippen LogP contribution in [0.4, 0.5) is 5.95 Å². The Kier molecular flexibility index (Phi) is 6.67. The van der Waals surface area contributed by atoms with Crippen molar-refractivity contribution in [2.45, 2.75) is 0 Å². The maximum absolute atomic E-state index is 5.40. The molecule has 1 N–H and O–H groups in total. The minimum Gasteiger partial charge on any atom is -0.481 e. The Balaban J connectivity index is 1.60. The molecule has 0 aromatic carbocycles. The molecule has 0 spiro atoms. The summed E-state index contributed by atoms with van der Waals surface area (Å²) in [5.74, 6) is 1.00. The molecule has 4 rings (SSSR count). The van der Waals surface area contributed by atoms with Crippen molar-refractivity contribution in [1.29, 1.82) is 0 Å². The number of methoxy groups -OCH3 is 2. The Bertz CT molecular complexity index is 941. The molecule has 9 nitrogen and oxygen atoms in total. The minimum absolute atomic E-state index is 0.231. The van der Waals surface area contributed by atoms with Crippen LogP contribution in [0.15, 0.2) is 29.8 Å². The third-order valence-corrected chi connectivity index (χ3v) is 5.58. The lowest BCUT2D eigenvalue weighted by molar-refractivity contribution is 0.0398. The highest BCUT2D eigenvalue weighted by Crippen LogP contribution is 2.34. The first-order chi connectivity index (χ1) is 14.8. The lowest BCUT2D eigenvalue weighted by Crippen LogP contribution is -2.39. The Morgan fingerprint density at radius 3 is 2.77 bits per heavy atom. The van der Waals surface area contributed by atoms with E-state index in [1.165, 1.54) is 7.11 Å². The Morgan fingerprint density at radius 2 is 2.03 bits per heavy atom. The van der Waals surface area contributed by atoms with Gasteiger partial charge in [0.2, 0.25) is 11.8 Å². The van der Waals surface area contributed by atoms with Crippen molar-refractivity contribution in [3.63, 3.8) is 0 Å². The molecule has 1 saturated heterocycles. The van der Waals surface area contributed by atoms with Gasteiger partial charge in [0, 0.05) is 44.0 Å². The molecular weight excluding hydrogens is 404 g/mol. The molecule has 4 heterocycles. The second-order valence-corrected chi connectivity index (χ2v) is 7.54. The van der Waals surface area contributed by atoms with Gasteiger partial charge in [-0.25, -0.2) is 9.97 Å². The summed E-state index contributed by atoms with van der Waals surface area (Å²) in [4.78, 5) is 21.3. The molecule has 0 saturated carbocycles. The van der Waals surface area contributed by atoms with E-state index >= 15 is 0 Å². The van der Waals surface area contributed by atoms with Gasteiger partial charge in [0.05, 0.1) is 43.7 Å². The van der Waals surface area contributed by atoms with Crippen molar-refractivity contribution in [3.05, 3.63) is 29.8 Å². The van der Waals surface area contributed by atoms with Crippen molar-refractivity contribution in [3.8, 4) is 33.7 Å². The molecule has 10 heteroatoms. The molecule has 158 valence electrons. The number of morpholine rings is 1. The number of anilines is 1. The Morgan fingerprint density at radius 1 is 1.17 bits per heavy atom. The number of ether oxygens (including phenoxy) is 3. The number of aromatic nitrogens is 4. The fourth-order valence-electron chi connectivity index (χ4n) is 3.14. The van der Waals surface area contributed by atoms with Crippen LogP contribution in [-0.4, -0.2) is 78.4 Å². The summed E-state index contributed by atoms with van der Waals surface area (Å²) in [5.41, 5.74) is 2.23. The van der Waals surface area contributed by atoms with Crippen molar-refractivity contribution in [2.75, 3.05) is 58.9 Å². The summed E-state index contributed by atoms with van der Waals surface area (Å²) < 4.78 is 15.9. The quantitative estimate of drug-likeness (QED) is 0.580. The zero-order chi connectivity index (χ0) is 20.8. The van der Waals surface area contributed by atoms with E-state index in [-0.39, 0.29) is 6.01 Å². The molecule has 3 aromatic rings. The second kappa shape index (κ2) is 9.79. The van der Waals surface area contributed by atoms with Crippen LogP contribution in [-0.2, 0) is 4.74 Å². The first-order valence-electron chi connectivity index (χ1n) is 9.69. The first-order valence-corrected chi connectivity index (χ1v) is 10.6. The van der Waals surface area contributed by atoms with Crippen LogP contribution < -0.4 is 14.8 Å². The summed E-state index contributed by atoms with van der Waals surface area (Å²) in [5, 5.41) is 5.36. The van der Waals surface area contributed by atoms with Crippen molar-refractivity contribution in [2.24, 2.45) is 0 Å². The lowest BCUT2D eigenvalue weighted by Gasteiger charge is -2.26. The topological polar surface area (TPSA) is 94.5 Å². The molecule has 1 fully saturated rings. The Hall–Kier alpha value is -2.82. The maximum Gasteiger partial charge on any atom is 0.320 e. The standard InChI is InChI=1S/C20H24N6O3S/c1-27-17-12-15(23-20(24-17)28-2)14-13-22-19(25-18(14)16-4-3-11-30-16)21-5-6-26-7-9-29-10-8-26/h3-4,11-13H,5-10H2,1-2H3,(H,21,22,25). The molecule has 0 aliphatic carbocycles. The predicted octanol–water partition coefficient (Wildman–Crippen LogP) is 2.42. The summed E-state index contributed by atoms with van der Waals surface area (Å²) in [6, 6.07) is 6.01. The largest absolute Gasteiger partial charge is 0.481 e. The first kappa shape index (κ1) is 20.5. The van der Waals surface area contributed by atoms with E-state index in [2.05, 4.69) is 25.2 Å². The van der Waals surface area contributed by atoms with Crippen LogP contribution in [0.3, 0.4) is 0 Å². The average molecular weight is 429 g/mol. The normalized spacial score (nSPS) is 14.5. The van der Waals surface area contributed by atoms with Gasteiger partial charge in [0.25, 0.3) is 0 Å². The summed E-state index contributed by atoms with van der Waals surface area (Å²) in [7, 11) is 3.08. The van der Waals surface area contributed by atoms with Gasteiger partial charge in [0.1, 0.15) is 0 Å². The van der Waals surface area contributed by atoms with E-state index in [0.29, 0.717) is 17.5 Å². The van der Waals surface area contributed by atoms with Crippen LogP contribution in [0.5, 0.6) is 11.9 Å². The Labute approximate surface area is 179 Å². The fourth-order valence-corrected chi connectivity index (χ4v) is 3.87. The van der Waals surface area contributed by atoms with Crippen molar-refractivity contribution < 1.29 is 14.2 Å². The van der Waals surface area contributed by atoms with Gasteiger partial charge >= 0.3 is 6.01 Å². The SMILES string of the molecule is COc1cc(-c2cnc(NCCN3CCOCC3)nc2-c2cccs2)nc(OC)n1. The highest BCUT2D eigenvalue weighted by molar-refractivity contribution is 7.13. The molecule has 0 amide bonds. The molecule has 1 aliphatic heterocycles. The van der Waals surface area contributed by atoms with Crippen LogP contribution >= 0.6 is 11.3 Å². The molecule has 30 heavy (non-hydrogen) atoms. The highest BCUT2D eigenvalue weighted by atomic mass is 32.1. The van der Waals surface area contributed by atoms with E-state index in [1.54, 1.807) is 30.7 Å². The van der Waals surface area contributed by atoms with Gasteiger partial charge in [-0.2, -0.15) is 9.97 Å². The molecule has 1 aliphatic rings. The van der Waals surface area contributed by atoms with Gasteiger partial charge in [-0.3, -0.25) is 4.90 Å². The van der Waals surface area contributed by atoms with E-state index < -0.39 is 0 Å². The summed E-state index contributed by atoms with van der Waals surface area (Å²) in [6.45, 7) is 5.18. The van der Waals surface area contributed by atoms with E-state index in [4.69, 9.17) is 19.2 Å². The zero-order valence-corrected chi connectivity index (χ0v) is 17.8. The number of hydrogen-bond donors (Lipinski definition) is 1. The van der Waals surface area contributed by atoms with Gasteiger partial charge in [-0.15, -0.1) is 11.3 Å². The van der Waals surface area contributed by atoms with Crippen LogP contribution in [0, 0.1) is 0 Å². The highest BCUT2D eigenvalue weighted by Gasteiger charge is 2.17. The molecular formula is C20H24N6O3S. The molecule has 0 radical (unpaired) electrons. The van der Waals surface area contributed by atoms with Gasteiger partial charge in [-0.1, -0.05) is 6.07 Å². The number of hydrogen-bond acceptors (Lipinski definition) is 10. The molecule has 3 aromatic heterocycles. The number of rotatable bonds is 8. The second-order valence-electron chi connectivity index (χ2n) is 6.60. The van der Waals surface area contributed by atoms with Crippen molar-refractivity contribution in [1.82, 2.24) is 24.8 Å². The smallest absolute Gasteiger partial charge is 0.320 e. The molecule has 0 unspecified atom stereocenters. The average Bonchev–Trinajstić information content (AvgIpc) is 3.34. The van der Waals surface area contributed by atoms with E-state index in [9.17, 15) is 0 Å². The number of thiophene rings is 1. The molecule has 0 bridgehead atoms. The number of nitrogens with one attached hydrogen (secondary N) is 1. The van der Waals surface area contributed by atoms with Crippen LogP contribution in [0.2, 0.25) is 0 Å². The van der Waals surface area contributed by atoms with E-state index in [1.807, 2.05) is 17.5 Å². The van der Waals surface area contributed by atoms with E-state index in [0.717, 1.165) is 55.5 Å². The predicted molar refractivity (Wildman–Crippen MR) is 115 cm³/mol. The maximum atomic E-state index is 5.40. The number of nitrogens with zero attached hydrogens (tertiary/aromatic N) is 5. The summed E-state index contributed by atoms with van der Waals surface area (Å²) >= 11 is 1.61. The molecule has 0 atom stereocenters. The minimum atomic E-state index is 0.231. The third-order valence-electron chi connectivity index (χ3n) is 4.71. The van der Waals surface area contributed by atoms with Gasteiger partial charge < -0.3 is 19.5 Å². The van der Waals surface area contributed by atoms with Crippen LogP contribution in [0.25, 0.3) is 21.8 Å². The van der Waals surface area contributed by atoms with Gasteiger partial charge in [-0.05, 0) is 11.4 Å². The third kappa shape index (κ3) is 4.84. The monoisotopic (exact) mass is 428 g/mol. The van der Waals surface area contributed by atoms with Crippen LogP contribution in [0.1, 0.15) is 0 Å².